The van der Waals surface area contributed by atoms with E-state index in [4.69, 9.17) is 9.84 Å². The first kappa shape index (κ1) is 25.1. The summed E-state index contributed by atoms with van der Waals surface area (Å²) in [6, 6.07) is 17.2. The van der Waals surface area contributed by atoms with Gasteiger partial charge >= 0.3 is 5.97 Å². The number of ether oxygens (including phenoxy) is 1. The van der Waals surface area contributed by atoms with Gasteiger partial charge in [0.1, 0.15) is 12.4 Å². The Morgan fingerprint density at radius 3 is 2.06 bits per heavy atom. The lowest BCUT2D eigenvalue weighted by Crippen LogP contribution is -2.06. The molecule has 0 aromatic heterocycles. The number of carboxylic acid groups (broad SMARTS) is 1. The van der Waals surface area contributed by atoms with Gasteiger partial charge in [-0.05, 0) is 79.9 Å². The number of aryl methyl sites for hydroxylation is 2. The molecule has 3 nitrogen and oxygen atoms in total. The zero-order valence-electron chi connectivity index (χ0n) is 20.3. The predicted molar refractivity (Wildman–Crippen MR) is 137 cm³/mol. The third-order valence-corrected chi connectivity index (χ3v) is 6.67. The van der Waals surface area contributed by atoms with Gasteiger partial charge in [0.15, 0.2) is 0 Å². The SMILES string of the molecule is Cc1ccc(C2=C(COc3ccc(CCCC(=O)O)cc3)CCCCCCCCCC2)cc1. The molecule has 0 atom stereocenters. The van der Waals surface area contributed by atoms with E-state index in [-0.39, 0.29) is 6.42 Å². The van der Waals surface area contributed by atoms with Gasteiger partial charge in [0.25, 0.3) is 0 Å². The minimum atomic E-state index is -0.732. The lowest BCUT2D eigenvalue weighted by molar-refractivity contribution is -0.137. The van der Waals surface area contributed by atoms with Gasteiger partial charge in [0.2, 0.25) is 0 Å². The fourth-order valence-electron chi connectivity index (χ4n) is 4.66. The zero-order valence-corrected chi connectivity index (χ0v) is 20.3. The second kappa shape index (κ2) is 13.9. The molecule has 0 aliphatic heterocycles. The highest BCUT2D eigenvalue weighted by Crippen LogP contribution is 2.30. The van der Waals surface area contributed by atoms with Crippen molar-refractivity contribution in [2.75, 3.05) is 6.61 Å². The van der Waals surface area contributed by atoms with E-state index in [9.17, 15) is 4.79 Å². The lowest BCUT2D eigenvalue weighted by atomic mass is 9.90. The topological polar surface area (TPSA) is 46.5 Å². The van der Waals surface area contributed by atoms with Crippen molar-refractivity contribution in [1.29, 1.82) is 0 Å². The van der Waals surface area contributed by atoms with E-state index in [0.29, 0.717) is 13.0 Å². The molecule has 1 N–H and O–H groups in total. The fraction of sp³-hybridized carbons (Fsp3) is 0.500. The van der Waals surface area contributed by atoms with Gasteiger partial charge in [-0.25, -0.2) is 0 Å². The molecular formula is C30H40O3. The Balaban J connectivity index is 1.72. The van der Waals surface area contributed by atoms with E-state index < -0.39 is 5.97 Å². The van der Waals surface area contributed by atoms with Crippen LogP contribution in [-0.4, -0.2) is 17.7 Å². The lowest BCUT2D eigenvalue weighted by Gasteiger charge is -2.19. The number of hydrogen-bond donors (Lipinski definition) is 1. The van der Waals surface area contributed by atoms with E-state index in [2.05, 4.69) is 43.3 Å². The molecule has 3 heteroatoms. The maximum Gasteiger partial charge on any atom is 0.303 e. The van der Waals surface area contributed by atoms with Crippen molar-refractivity contribution >= 4 is 11.5 Å². The van der Waals surface area contributed by atoms with Crippen LogP contribution in [0, 0.1) is 6.92 Å². The molecule has 0 spiro atoms. The van der Waals surface area contributed by atoms with Crippen molar-refractivity contribution in [1.82, 2.24) is 0 Å². The molecule has 0 bridgehead atoms. The van der Waals surface area contributed by atoms with Crippen molar-refractivity contribution in [3.8, 4) is 5.75 Å². The summed E-state index contributed by atoms with van der Waals surface area (Å²) in [4.78, 5) is 10.7. The van der Waals surface area contributed by atoms with E-state index >= 15 is 0 Å². The first-order chi connectivity index (χ1) is 16.1. The van der Waals surface area contributed by atoms with Crippen molar-refractivity contribution in [3.05, 3.63) is 70.8 Å². The minimum absolute atomic E-state index is 0.216. The summed E-state index contributed by atoms with van der Waals surface area (Å²) in [5.41, 5.74) is 6.75. The largest absolute Gasteiger partial charge is 0.489 e. The van der Waals surface area contributed by atoms with Gasteiger partial charge in [0, 0.05) is 6.42 Å². The summed E-state index contributed by atoms with van der Waals surface area (Å²) in [7, 11) is 0. The summed E-state index contributed by atoms with van der Waals surface area (Å²) < 4.78 is 6.29. The molecule has 33 heavy (non-hydrogen) atoms. The van der Waals surface area contributed by atoms with Crippen LogP contribution in [0.2, 0.25) is 0 Å². The molecule has 2 aromatic carbocycles. The molecule has 0 amide bonds. The molecule has 1 aliphatic carbocycles. The Labute approximate surface area is 199 Å². The Kier molecular flexibility index (Phi) is 10.5. The molecule has 2 aromatic rings. The molecule has 0 saturated carbocycles. The van der Waals surface area contributed by atoms with Gasteiger partial charge < -0.3 is 9.84 Å². The molecule has 3 rings (SSSR count). The summed E-state index contributed by atoms with van der Waals surface area (Å²) in [6.45, 7) is 2.79. The standard InChI is InChI=1S/C30H40O3/c1-24-15-19-26(20-16-24)29-13-9-7-5-3-2-4-6-8-12-27(29)23-33-28-21-17-25(18-22-28)11-10-14-30(31)32/h15-22H,2-14,23H2,1H3,(H,31,32). The summed E-state index contributed by atoms with van der Waals surface area (Å²) in [5.74, 6) is 0.156. The van der Waals surface area contributed by atoms with E-state index in [1.54, 1.807) is 0 Å². The second-order valence-corrected chi connectivity index (χ2v) is 9.46. The molecule has 0 saturated heterocycles. The molecule has 1 aliphatic rings. The third kappa shape index (κ3) is 9.07. The smallest absolute Gasteiger partial charge is 0.303 e. The summed E-state index contributed by atoms with van der Waals surface area (Å²) >= 11 is 0. The van der Waals surface area contributed by atoms with Gasteiger partial charge in [-0.2, -0.15) is 0 Å². The second-order valence-electron chi connectivity index (χ2n) is 9.46. The number of carbonyl (C=O) groups is 1. The maximum atomic E-state index is 10.7. The fourth-order valence-corrected chi connectivity index (χ4v) is 4.66. The van der Waals surface area contributed by atoms with Crippen molar-refractivity contribution in [2.24, 2.45) is 0 Å². The van der Waals surface area contributed by atoms with Crippen LogP contribution in [0.25, 0.3) is 5.57 Å². The van der Waals surface area contributed by atoms with Crippen molar-refractivity contribution < 1.29 is 14.6 Å². The van der Waals surface area contributed by atoms with E-state index in [1.165, 1.54) is 73.6 Å². The van der Waals surface area contributed by atoms with Crippen LogP contribution in [0.4, 0.5) is 0 Å². The van der Waals surface area contributed by atoms with Crippen LogP contribution in [0.15, 0.2) is 54.1 Å². The number of hydrogen-bond acceptors (Lipinski definition) is 2. The monoisotopic (exact) mass is 448 g/mol. The first-order valence-electron chi connectivity index (χ1n) is 12.8. The van der Waals surface area contributed by atoms with Gasteiger partial charge in [0.05, 0.1) is 0 Å². The van der Waals surface area contributed by atoms with E-state index in [1.807, 2.05) is 12.1 Å². The average molecular weight is 449 g/mol. The average Bonchev–Trinajstić information content (AvgIpc) is 2.80. The van der Waals surface area contributed by atoms with Gasteiger partial charge in [-0.3, -0.25) is 4.79 Å². The number of benzene rings is 2. The summed E-state index contributed by atoms with van der Waals surface area (Å²) in [6.07, 6.45) is 14.5. The Hall–Kier alpha value is -2.55. The third-order valence-electron chi connectivity index (χ3n) is 6.67. The quantitative estimate of drug-likeness (QED) is 0.443. The minimum Gasteiger partial charge on any atom is -0.489 e. The highest BCUT2D eigenvalue weighted by Gasteiger charge is 2.12. The first-order valence-corrected chi connectivity index (χ1v) is 12.8. The highest BCUT2D eigenvalue weighted by atomic mass is 16.5. The zero-order chi connectivity index (χ0) is 23.3. The van der Waals surface area contributed by atoms with Crippen molar-refractivity contribution in [3.63, 3.8) is 0 Å². The molecule has 0 fully saturated rings. The highest BCUT2D eigenvalue weighted by molar-refractivity contribution is 5.69. The normalized spacial score (nSPS) is 16.0. The van der Waals surface area contributed by atoms with Crippen LogP contribution >= 0.6 is 0 Å². The van der Waals surface area contributed by atoms with Crippen LogP contribution in [-0.2, 0) is 11.2 Å². The molecule has 0 radical (unpaired) electrons. The van der Waals surface area contributed by atoms with Crippen LogP contribution < -0.4 is 4.74 Å². The van der Waals surface area contributed by atoms with Crippen LogP contribution in [0.1, 0.15) is 93.7 Å². The Morgan fingerprint density at radius 2 is 1.42 bits per heavy atom. The van der Waals surface area contributed by atoms with E-state index in [0.717, 1.165) is 30.6 Å². The van der Waals surface area contributed by atoms with Crippen LogP contribution in [0.3, 0.4) is 0 Å². The molecular weight excluding hydrogens is 408 g/mol. The van der Waals surface area contributed by atoms with Crippen LogP contribution in [0.5, 0.6) is 5.75 Å². The maximum absolute atomic E-state index is 10.7. The number of rotatable bonds is 8. The van der Waals surface area contributed by atoms with Crippen molar-refractivity contribution in [2.45, 2.75) is 90.4 Å². The molecule has 0 heterocycles. The van der Waals surface area contributed by atoms with Gasteiger partial charge in [-0.15, -0.1) is 0 Å². The molecule has 0 unspecified atom stereocenters. The van der Waals surface area contributed by atoms with Gasteiger partial charge in [-0.1, -0.05) is 80.5 Å². The predicted octanol–water partition coefficient (Wildman–Crippen LogP) is 8.15. The molecule has 178 valence electrons. The summed E-state index contributed by atoms with van der Waals surface area (Å²) in [5, 5.41) is 8.82. The number of allylic oxidation sites excluding steroid dienone is 1. The Bertz CT molecular complexity index is 878. The number of aliphatic carboxylic acids is 1. The Morgan fingerprint density at radius 1 is 0.818 bits per heavy atom. The number of carboxylic acids is 1.